The van der Waals surface area contributed by atoms with Crippen LogP contribution in [0, 0.1) is 0 Å². The molecule has 0 radical (unpaired) electrons. The lowest BCUT2D eigenvalue weighted by Crippen LogP contribution is -2.55. The van der Waals surface area contributed by atoms with Crippen molar-refractivity contribution in [3.8, 4) is 5.75 Å². The van der Waals surface area contributed by atoms with Gasteiger partial charge in [-0.2, -0.15) is 0 Å². The maximum absolute atomic E-state index is 14.4. The number of oxazole rings is 1. The van der Waals surface area contributed by atoms with Crippen LogP contribution in [0.5, 0.6) is 5.75 Å². The number of para-hydroxylation sites is 3. The Bertz CT molecular complexity index is 2210. The molecule has 0 bridgehead atoms. The highest BCUT2D eigenvalue weighted by atomic mass is 16.5. The largest absolute Gasteiger partial charge is 0.493 e. The number of carbonyl (C=O) groups excluding carboxylic acids is 5. The molecule has 2 atom stereocenters. The van der Waals surface area contributed by atoms with E-state index in [0.29, 0.717) is 24.3 Å². The molecule has 5 aromatic rings. The minimum atomic E-state index is -1.62. The van der Waals surface area contributed by atoms with Crippen LogP contribution in [0.4, 0.5) is 11.4 Å². The molecule has 3 N–H and O–H groups in total. The number of aryl methyl sites for hydroxylation is 2. The monoisotopic (exact) mass is 745 g/mol. The van der Waals surface area contributed by atoms with E-state index in [0.717, 1.165) is 16.0 Å². The van der Waals surface area contributed by atoms with Crippen molar-refractivity contribution in [2.75, 3.05) is 30.0 Å². The third-order valence-corrected chi connectivity index (χ3v) is 9.12. The number of fused-ring (bicyclic) bond motifs is 2. The third-order valence-electron chi connectivity index (χ3n) is 9.12. The fraction of sp³-hybridized carbons (Fsp3) is 0.244. The summed E-state index contributed by atoms with van der Waals surface area (Å²) >= 11 is 0. The van der Waals surface area contributed by atoms with E-state index in [1.54, 1.807) is 42.5 Å². The average Bonchev–Trinajstić information content (AvgIpc) is 3.60. The van der Waals surface area contributed by atoms with E-state index in [1.165, 1.54) is 12.0 Å². The molecule has 282 valence electrons. The van der Waals surface area contributed by atoms with Crippen molar-refractivity contribution in [2.45, 2.75) is 44.2 Å². The first-order valence-corrected chi connectivity index (χ1v) is 17.7. The standard InChI is InChI=1S/C41H39N5O9/c1-54-33-18-10-15-28-39(33)55-40(44-28)38(52)29(23-37(50)51)42-35(48)25-46-32-17-9-8-16-31(32)45(36(49)22-20-27-13-6-3-7-14-27)24-30(41(46)53)43-34(47)21-19-26-11-4-2-5-12-26/h2-18,29-30H,19-25H2,1H3,(H,42,48)(H,43,47)(H,50,51)/t29?,30-/m0/s1. The second-order valence-corrected chi connectivity index (χ2v) is 12.9. The molecule has 0 spiro atoms. The van der Waals surface area contributed by atoms with Gasteiger partial charge in [-0.25, -0.2) is 4.98 Å². The fourth-order valence-electron chi connectivity index (χ4n) is 6.40. The molecular formula is C41H39N5O9. The van der Waals surface area contributed by atoms with Gasteiger partial charge in [-0.15, -0.1) is 0 Å². The van der Waals surface area contributed by atoms with Crippen LogP contribution in [0.3, 0.4) is 0 Å². The minimum Gasteiger partial charge on any atom is -0.493 e. The van der Waals surface area contributed by atoms with Gasteiger partial charge in [0.1, 0.15) is 24.1 Å². The van der Waals surface area contributed by atoms with Gasteiger partial charge in [0.05, 0.1) is 31.5 Å². The number of methoxy groups -OCH3 is 1. The highest BCUT2D eigenvalue weighted by molar-refractivity contribution is 6.10. The highest BCUT2D eigenvalue weighted by Crippen LogP contribution is 2.34. The van der Waals surface area contributed by atoms with Crippen molar-refractivity contribution in [3.63, 3.8) is 0 Å². The van der Waals surface area contributed by atoms with Crippen LogP contribution in [-0.4, -0.2) is 77.8 Å². The molecule has 4 aromatic carbocycles. The summed E-state index contributed by atoms with van der Waals surface area (Å²) in [6.07, 6.45) is 0.185. The van der Waals surface area contributed by atoms with E-state index in [1.807, 2.05) is 60.7 Å². The molecule has 0 saturated heterocycles. The van der Waals surface area contributed by atoms with Gasteiger partial charge in [0.15, 0.2) is 11.3 Å². The zero-order valence-electron chi connectivity index (χ0n) is 30.0. The normalized spacial score (nSPS) is 14.4. The van der Waals surface area contributed by atoms with Crippen molar-refractivity contribution in [1.82, 2.24) is 15.6 Å². The van der Waals surface area contributed by atoms with Crippen LogP contribution in [-0.2, 0) is 36.8 Å². The number of aromatic nitrogens is 1. The van der Waals surface area contributed by atoms with Crippen LogP contribution in [0.25, 0.3) is 11.1 Å². The first-order valence-electron chi connectivity index (χ1n) is 17.7. The van der Waals surface area contributed by atoms with E-state index in [9.17, 15) is 33.9 Å². The van der Waals surface area contributed by atoms with Crippen LogP contribution >= 0.6 is 0 Å². The zero-order valence-corrected chi connectivity index (χ0v) is 30.0. The maximum Gasteiger partial charge on any atom is 0.305 e. The van der Waals surface area contributed by atoms with Crippen LogP contribution in [0.2, 0.25) is 0 Å². The summed E-state index contributed by atoms with van der Waals surface area (Å²) in [4.78, 5) is 87.5. The Morgan fingerprint density at radius 3 is 2.13 bits per heavy atom. The Hall–Kier alpha value is -6.83. The van der Waals surface area contributed by atoms with E-state index in [4.69, 9.17) is 9.15 Å². The number of Topliss-reactive ketones (excluding diaryl/α,β-unsaturated/α-hetero) is 1. The maximum atomic E-state index is 14.4. The summed E-state index contributed by atoms with van der Waals surface area (Å²) in [6.45, 7) is -0.886. The van der Waals surface area contributed by atoms with Crippen molar-refractivity contribution in [1.29, 1.82) is 0 Å². The second-order valence-electron chi connectivity index (χ2n) is 12.9. The molecule has 4 amide bonds. The van der Waals surface area contributed by atoms with Gasteiger partial charge in [-0.05, 0) is 48.2 Å². The van der Waals surface area contributed by atoms with Crippen molar-refractivity contribution >= 4 is 57.9 Å². The fourth-order valence-corrected chi connectivity index (χ4v) is 6.40. The molecule has 1 aliphatic heterocycles. The number of carboxylic acid groups (broad SMARTS) is 1. The number of carboxylic acids is 1. The van der Waals surface area contributed by atoms with Gasteiger partial charge < -0.3 is 29.8 Å². The molecule has 0 aliphatic carbocycles. The van der Waals surface area contributed by atoms with Gasteiger partial charge in [0.25, 0.3) is 11.8 Å². The number of ether oxygens (including phenoxy) is 1. The zero-order chi connectivity index (χ0) is 38.9. The number of benzene rings is 4. The summed E-state index contributed by atoms with van der Waals surface area (Å²) in [5.74, 6) is -4.73. The Morgan fingerprint density at radius 1 is 0.836 bits per heavy atom. The molecular weight excluding hydrogens is 706 g/mol. The first kappa shape index (κ1) is 37.9. The Kier molecular flexibility index (Phi) is 11.9. The molecule has 1 aromatic heterocycles. The third kappa shape index (κ3) is 9.22. The van der Waals surface area contributed by atoms with Crippen LogP contribution < -0.4 is 25.2 Å². The van der Waals surface area contributed by atoms with E-state index >= 15 is 0 Å². The Balaban J connectivity index is 1.26. The number of nitrogens with zero attached hydrogens (tertiary/aromatic N) is 3. The Labute approximate surface area is 316 Å². The Morgan fingerprint density at radius 2 is 1.47 bits per heavy atom. The van der Waals surface area contributed by atoms with Crippen molar-refractivity contribution in [2.24, 2.45) is 0 Å². The smallest absolute Gasteiger partial charge is 0.305 e. The number of aliphatic carboxylic acids is 1. The van der Waals surface area contributed by atoms with E-state index < -0.39 is 60.4 Å². The molecule has 55 heavy (non-hydrogen) atoms. The van der Waals surface area contributed by atoms with Gasteiger partial charge in [-0.3, -0.25) is 33.7 Å². The van der Waals surface area contributed by atoms with E-state index in [2.05, 4.69) is 15.6 Å². The number of amides is 4. The van der Waals surface area contributed by atoms with Crippen LogP contribution in [0.1, 0.15) is 41.1 Å². The minimum absolute atomic E-state index is 0.0594. The number of hydrogen-bond donors (Lipinski definition) is 3. The SMILES string of the molecule is COc1cccc2nc(C(=O)C(CC(=O)O)NC(=O)CN3C(=O)[C@@H](NC(=O)CCc4ccccc4)CN(C(=O)CCc4ccccc4)c4ccccc43)oc12. The molecule has 14 nitrogen and oxygen atoms in total. The molecule has 6 rings (SSSR count). The van der Waals surface area contributed by atoms with E-state index in [-0.39, 0.29) is 42.1 Å². The van der Waals surface area contributed by atoms with Gasteiger partial charge in [0, 0.05) is 12.8 Å². The van der Waals surface area contributed by atoms with Gasteiger partial charge in [-0.1, -0.05) is 78.9 Å². The summed E-state index contributed by atoms with van der Waals surface area (Å²) in [7, 11) is 1.41. The number of hydrogen-bond acceptors (Lipinski definition) is 9. The number of anilines is 2. The summed E-state index contributed by atoms with van der Waals surface area (Å²) in [5, 5.41) is 14.9. The predicted octanol–water partition coefficient (Wildman–Crippen LogP) is 4.11. The van der Waals surface area contributed by atoms with Crippen LogP contribution in [0.15, 0.2) is 108 Å². The molecule has 14 heteroatoms. The topological polar surface area (TPSA) is 188 Å². The molecule has 1 unspecified atom stereocenters. The highest BCUT2D eigenvalue weighted by Gasteiger charge is 2.38. The summed E-state index contributed by atoms with van der Waals surface area (Å²) < 4.78 is 10.9. The first-order chi connectivity index (χ1) is 26.6. The molecule has 0 fully saturated rings. The second kappa shape index (κ2) is 17.3. The lowest BCUT2D eigenvalue weighted by molar-refractivity contribution is -0.137. The lowest BCUT2D eigenvalue weighted by Gasteiger charge is -2.26. The number of ketones is 1. The quantitative estimate of drug-likeness (QED) is 0.132. The molecule has 2 heterocycles. The van der Waals surface area contributed by atoms with Crippen molar-refractivity contribution < 1.29 is 43.0 Å². The summed E-state index contributed by atoms with van der Waals surface area (Å²) in [6, 6.07) is 27.3. The number of carbonyl (C=O) groups is 6. The van der Waals surface area contributed by atoms with Crippen molar-refractivity contribution in [3.05, 3.63) is 120 Å². The number of rotatable bonds is 15. The van der Waals surface area contributed by atoms with Gasteiger partial charge in [0.2, 0.25) is 23.5 Å². The lowest BCUT2D eigenvalue weighted by atomic mass is 10.1. The predicted molar refractivity (Wildman–Crippen MR) is 202 cm³/mol. The van der Waals surface area contributed by atoms with Gasteiger partial charge >= 0.3 is 5.97 Å². The summed E-state index contributed by atoms with van der Waals surface area (Å²) in [5.41, 5.74) is 2.87. The number of nitrogens with one attached hydrogen (secondary N) is 2. The average molecular weight is 746 g/mol. The molecule has 0 saturated carbocycles. The molecule has 1 aliphatic rings.